The average Bonchev–Trinajstić information content (AvgIpc) is 2.51. The second-order valence-electron chi connectivity index (χ2n) is 4.80. The molecule has 0 fully saturated rings. The minimum atomic E-state index is -0.651. The van der Waals surface area contributed by atoms with Gasteiger partial charge in [-0.2, -0.15) is 0 Å². The van der Waals surface area contributed by atoms with Crippen LogP contribution in [-0.4, -0.2) is 10.9 Å². The van der Waals surface area contributed by atoms with Crippen molar-refractivity contribution in [2.45, 2.75) is 0 Å². The van der Waals surface area contributed by atoms with Crippen LogP contribution in [0.5, 0.6) is 0 Å². The van der Waals surface area contributed by atoms with E-state index in [1.165, 1.54) is 30.5 Å². The van der Waals surface area contributed by atoms with Crippen LogP contribution in [0.25, 0.3) is 10.9 Å². The Labute approximate surface area is 139 Å². The number of aromatic amines is 1. The van der Waals surface area contributed by atoms with Crippen LogP contribution in [0.4, 0.5) is 10.1 Å². The highest BCUT2D eigenvalue weighted by atomic mass is 35.5. The highest BCUT2D eigenvalue weighted by Gasteiger charge is 2.15. The van der Waals surface area contributed by atoms with Gasteiger partial charge in [-0.3, -0.25) is 9.59 Å². The Morgan fingerprint density at radius 3 is 2.65 bits per heavy atom. The number of benzene rings is 2. The molecule has 1 heterocycles. The topological polar surface area (TPSA) is 62.0 Å². The van der Waals surface area contributed by atoms with Crippen LogP contribution in [0.1, 0.15) is 10.4 Å². The van der Waals surface area contributed by atoms with Crippen molar-refractivity contribution in [3.8, 4) is 0 Å². The largest absolute Gasteiger partial charge is 0.360 e. The van der Waals surface area contributed by atoms with E-state index in [0.717, 1.165) is 6.07 Å². The number of rotatable bonds is 2. The van der Waals surface area contributed by atoms with Gasteiger partial charge in [-0.25, -0.2) is 4.39 Å². The molecule has 4 nitrogen and oxygen atoms in total. The van der Waals surface area contributed by atoms with E-state index >= 15 is 0 Å². The van der Waals surface area contributed by atoms with Crippen molar-refractivity contribution < 1.29 is 9.18 Å². The van der Waals surface area contributed by atoms with Gasteiger partial charge in [0.05, 0.1) is 10.7 Å². The maximum Gasteiger partial charge on any atom is 0.261 e. The predicted molar refractivity (Wildman–Crippen MR) is 88.9 cm³/mol. The Bertz CT molecular complexity index is 985. The van der Waals surface area contributed by atoms with Crippen LogP contribution in [0, 0.1) is 5.82 Å². The molecule has 3 rings (SSSR count). The molecular formula is C16H9Cl2FN2O2. The first-order valence-electron chi connectivity index (χ1n) is 6.53. The summed E-state index contributed by atoms with van der Waals surface area (Å²) in [5.74, 6) is -1.21. The van der Waals surface area contributed by atoms with E-state index in [9.17, 15) is 14.0 Å². The summed E-state index contributed by atoms with van der Waals surface area (Å²) in [6, 6.07) is 8.30. The summed E-state index contributed by atoms with van der Waals surface area (Å²) in [4.78, 5) is 27.4. The molecule has 0 atom stereocenters. The zero-order chi connectivity index (χ0) is 16.6. The van der Waals surface area contributed by atoms with E-state index in [1.54, 1.807) is 6.07 Å². The molecule has 1 amide bonds. The molecule has 0 radical (unpaired) electrons. The van der Waals surface area contributed by atoms with Crippen LogP contribution in [0.15, 0.2) is 47.4 Å². The SMILES string of the molecule is O=C(Nc1ccc(Cl)cc1Cl)c1c[nH]c2ccc(F)cc2c1=O. The Kier molecular flexibility index (Phi) is 4.07. The number of hydrogen-bond acceptors (Lipinski definition) is 2. The van der Waals surface area contributed by atoms with Crippen LogP contribution >= 0.6 is 23.2 Å². The maximum atomic E-state index is 13.3. The van der Waals surface area contributed by atoms with Crippen LogP contribution in [0.3, 0.4) is 0 Å². The normalized spacial score (nSPS) is 10.7. The van der Waals surface area contributed by atoms with E-state index in [4.69, 9.17) is 23.2 Å². The second-order valence-corrected chi connectivity index (χ2v) is 5.64. The summed E-state index contributed by atoms with van der Waals surface area (Å²) in [7, 11) is 0. The smallest absolute Gasteiger partial charge is 0.261 e. The molecule has 0 saturated heterocycles. The number of nitrogens with one attached hydrogen (secondary N) is 2. The van der Waals surface area contributed by atoms with Gasteiger partial charge >= 0.3 is 0 Å². The van der Waals surface area contributed by atoms with E-state index in [2.05, 4.69) is 10.3 Å². The zero-order valence-electron chi connectivity index (χ0n) is 11.5. The minimum absolute atomic E-state index is 0.0971. The predicted octanol–water partition coefficient (Wildman–Crippen LogP) is 4.23. The van der Waals surface area contributed by atoms with Gasteiger partial charge in [0.25, 0.3) is 5.91 Å². The van der Waals surface area contributed by atoms with E-state index in [1.807, 2.05) is 0 Å². The van der Waals surface area contributed by atoms with Crippen molar-refractivity contribution in [2.24, 2.45) is 0 Å². The summed E-state index contributed by atoms with van der Waals surface area (Å²) >= 11 is 11.8. The van der Waals surface area contributed by atoms with Crippen molar-refractivity contribution in [3.05, 3.63) is 74.2 Å². The number of carbonyl (C=O) groups is 1. The number of amides is 1. The van der Waals surface area contributed by atoms with Gasteiger partial charge in [0.2, 0.25) is 5.43 Å². The molecule has 7 heteroatoms. The lowest BCUT2D eigenvalue weighted by molar-refractivity contribution is 0.102. The van der Waals surface area contributed by atoms with E-state index in [-0.39, 0.29) is 16.0 Å². The van der Waals surface area contributed by atoms with Gasteiger partial charge < -0.3 is 10.3 Å². The maximum absolute atomic E-state index is 13.3. The third kappa shape index (κ3) is 3.06. The summed E-state index contributed by atoms with van der Waals surface area (Å²) in [5, 5.41) is 3.30. The molecule has 0 aliphatic carbocycles. The number of halogens is 3. The number of fused-ring (bicyclic) bond motifs is 1. The lowest BCUT2D eigenvalue weighted by Crippen LogP contribution is -2.22. The van der Waals surface area contributed by atoms with Gasteiger partial charge in [-0.15, -0.1) is 0 Å². The molecule has 2 aromatic carbocycles. The first kappa shape index (κ1) is 15.5. The third-order valence-electron chi connectivity index (χ3n) is 3.27. The molecule has 0 spiro atoms. The van der Waals surface area contributed by atoms with Gasteiger partial charge in [-0.05, 0) is 36.4 Å². The van der Waals surface area contributed by atoms with Gasteiger partial charge in [-0.1, -0.05) is 23.2 Å². The number of H-pyrrole nitrogens is 1. The highest BCUT2D eigenvalue weighted by Crippen LogP contribution is 2.25. The Morgan fingerprint density at radius 2 is 1.91 bits per heavy atom. The molecule has 2 N–H and O–H groups in total. The first-order valence-corrected chi connectivity index (χ1v) is 7.28. The van der Waals surface area contributed by atoms with Crippen LogP contribution < -0.4 is 10.7 Å². The van der Waals surface area contributed by atoms with Gasteiger partial charge in [0.1, 0.15) is 11.4 Å². The average molecular weight is 351 g/mol. The summed E-state index contributed by atoms with van der Waals surface area (Å²) in [5.41, 5.74) is 0.0484. The molecule has 0 bridgehead atoms. The quantitative estimate of drug-likeness (QED) is 0.726. The fourth-order valence-corrected chi connectivity index (χ4v) is 2.60. The van der Waals surface area contributed by atoms with E-state index < -0.39 is 17.2 Å². The van der Waals surface area contributed by atoms with Crippen LogP contribution in [0.2, 0.25) is 10.0 Å². The van der Waals surface area contributed by atoms with Crippen LogP contribution in [-0.2, 0) is 0 Å². The summed E-state index contributed by atoms with van der Waals surface area (Å²) in [6.45, 7) is 0. The Morgan fingerprint density at radius 1 is 1.13 bits per heavy atom. The number of hydrogen-bond donors (Lipinski definition) is 2. The van der Waals surface area contributed by atoms with Crippen molar-refractivity contribution in [1.29, 1.82) is 0 Å². The van der Waals surface area contributed by atoms with Gasteiger partial charge in [0.15, 0.2) is 0 Å². The molecule has 116 valence electrons. The fraction of sp³-hybridized carbons (Fsp3) is 0. The molecule has 0 unspecified atom stereocenters. The second kappa shape index (κ2) is 6.02. The van der Waals surface area contributed by atoms with Crippen molar-refractivity contribution >= 4 is 45.7 Å². The highest BCUT2D eigenvalue weighted by molar-refractivity contribution is 6.36. The molecule has 0 aliphatic rings. The van der Waals surface area contributed by atoms with Gasteiger partial charge in [0, 0.05) is 22.1 Å². The lowest BCUT2D eigenvalue weighted by atomic mass is 10.1. The number of carbonyl (C=O) groups excluding carboxylic acids is 1. The molecule has 3 aromatic rings. The molecule has 23 heavy (non-hydrogen) atoms. The zero-order valence-corrected chi connectivity index (χ0v) is 13.0. The monoisotopic (exact) mass is 350 g/mol. The Hall–Kier alpha value is -2.37. The molecule has 0 aliphatic heterocycles. The third-order valence-corrected chi connectivity index (χ3v) is 3.81. The Balaban J connectivity index is 2.01. The van der Waals surface area contributed by atoms with Crippen molar-refractivity contribution in [3.63, 3.8) is 0 Å². The lowest BCUT2D eigenvalue weighted by Gasteiger charge is -2.08. The standard InChI is InChI=1S/C16H9Cl2FN2O2/c17-8-1-3-14(12(18)5-8)21-16(23)11-7-20-13-4-2-9(19)6-10(13)15(11)22/h1-7H,(H,20,22)(H,21,23). The fourth-order valence-electron chi connectivity index (χ4n) is 2.14. The number of pyridine rings is 1. The summed E-state index contributed by atoms with van der Waals surface area (Å²) in [6.07, 6.45) is 1.28. The molecular weight excluding hydrogens is 342 g/mol. The summed E-state index contributed by atoms with van der Waals surface area (Å²) < 4.78 is 13.3. The first-order chi connectivity index (χ1) is 11.0. The number of anilines is 1. The minimum Gasteiger partial charge on any atom is -0.360 e. The number of aromatic nitrogens is 1. The van der Waals surface area contributed by atoms with Crippen molar-refractivity contribution in [1.82, 2.24) is 4.98 Å². The van der Waals surface area contributed by atoms with E-state index in [0.29, 0.717) is 16.2 Å². The molecule has 1 aromatic heterocycles. The molecule has 0 saturated carbocycles. The van der Waals surface area contributed by atoms with Crippen molar-refractivity contribution in [2.75, 3.05) is 5.32 Å².